The van der Waals surface area contributed by atoms with Crippen molar-refractivity contribution in [3.05, 3.63) is 77.3 Å². The van der Waals surface area contributed by atoms with Gasteiger partial charge in [0.05, 0.1) is 18.2 Å². The lowest BCUT2D eigenvalue weighted by atomic mass is 9.97. The van der Waals surface area contributed by atoms with Crippen LogP contribution in [0.4, 0.5) is 0 Å². The van der Waals surface area contributed by atoms with Crippen LogP contribution < -0.4 is 4.74 Å². The fourth-order valence-corrected chi connectivity index (χ4v) is 2.43. The molecule has 0 bridgehead atoms. The molecule has 0 spiro atoms. The van der Waals surface area contributed by atoms with Crippen molar-refractivity contribution in [3.63, 3.8) is 0 Å². The number of phenols is 1. The molecular weight excluding hydrogens is 332 g/mol. The maximum atomic E-state index is 12.5. The summed E-state index contributed by atoms with van der Waals surface area (Å²) in [5, 5.41) is 29.7. The van der Waals surface area contributed by atoms with Crippen LogP contribution in [0.3, 0.4) is 0 Å². The molecule has 5 nitrogen and oxygen atoms in total. The van der Waals surface area contributed by atoms with Crippen molar-refractivity contribution < 1.29 is 24.9 Å². The van der Waals surface area contributed by atoms with Gasteiger partial charge < -0.3 is 20.1 Å². The predicted octanol–water partition coefficient (Wildman–Crippen LogP) is 4.63. The highest BCUT2D eigenvalue weighted by molar-refractivity contribution is 6.07. The molecule has 1 aliphatic carbocycles. The van der Waals surface area contributed by atoms with Crippen LogP contribution in [0, 0.1) is 5.92 Å². The topological polar surface area (TPSA) is 87.0 Å². The van der Waals surface area contributed by atoms with E-state index in [1.807, 2.05) is 0 Å². The number of aromatic hydroxyl groups is 1. The SMILES string of the molecule is C=C(C)C(O)=Cc1c(OC)ccc(C(=O)C=CC2C=CC(O)=CC2)c1O. The first kappa shape index (κ1) is 19.1. The molecule has 26 heavy (non-hydrogen) atoms. The maximum absolute atomic E-state index is 12.5. The Morgan fingerprint density at radius 2 is 2.08 bits per heavy atom. The minimum Gasteiger partial charge on any atom is -0.508 e. The van der Waals surface area contributed by atoms with E-state index in [1.54, 1.807) is 37.3 Å². The van der Waals surface area contributed by atoms with Gasteiger partial charge in [0.2, 0.25) is 0 Å². The maximum Gasteiger partial charge on any atom is 0.189 e. The van der Waals surface area contributed by atoms with E-state index >= 15 is 0 Å². The van der Waals surface area contributed by atoms with Crippen molar-refractivity contribution in [2.75, 3.05) is 7.11 Å². The molecular formula is C21H22O5. The third kappa shape index (κ3) is 4.45. The second kappa shape index (κ2) is 8.25. The number of hydrogen-bond donors (Lipinski definition) is 3. The number of phenolic OH excluding ortho intramolecular Hbond substituents is 1. The van der Waals surface area contributed by atoms with Gasteiger partial charge in [0.25, 0.3) is 0 Å². The molecule has 1 unspecified atom stereocenters. The smallest absolute Gasteiger partial charge is 0.189 e. The van der Waals surface area contributed by atoms with E-state index in [4.69, 9.17) is 4.74 Å². The highest BCUT2D eigenvalue weighted by Gasteiger charge is 2.17. The zero-order valence-corrected chi connectivity index (χ0v) is 14.8. The normalized spacial score (nSPS) is 17.2. The van der Waals surface area contributed by atoms with Crippen LogP contribution in [0.25, 0.3) is 6.08 Å². The number of aliphatic hydroxyl groups is 2. The first-order valence-electron chi connectivity index (χ1n) is 8.09. The van der Waals surface area contributed by atoms with Crippen LogP contribution in [0.15, 0.2) is 66.2 Å². The fourth-order valence-electron chi connectivity index (χ4n) is 2.43. The van der Waals surface area contributed by atoms with Crippen LogP contribution in [-0.4, -0.2) is 28.2 Å². The van der Waals surface area contributed by atoms with Crippen LogP contribution in [0.2, 0.25) is 0 Å². The van der Waals surface area contributed by atoms with Crippen LogP contribution in [0.1, 0.15) is 29.3 Å². The van der Waals surface area contributed by atoms with Gasteiger partial charge in [0.15, 0.2) is 5.78 Å². The summed E-state index contributed by atoms with van der Waals surface area (Å²) >= 11 is 0. The summed E-state index contributed by atoms with van der Waals surface area (Å²) in [7, 11) is 1.43. The molecule has 0 aliphatic heterocycles. The van der Waals surface area contributed by atoms with Crippen LogP contribution >= 0.6 is 0 Å². The Labute approximate surface area is 152 Å². The van der Waals surface area contributed by atoms with Gasteiger partial charge in [-0.2, -0.15) is 0 Å². The van der Waals surface area contributed by atoms with Gasteiger partial charge in [-0.15, -0.1) is 0 Å². The van der Waals surface area contributed by atoms with Gasteiger partial charge >= 0.3 is 0 Å². The molecule has 0 fully saturated rings. The lowest BCUT2D eigenvalue weighted by Crippen LogP contribution is -2.01. The Kier molecular flexibility index (Phi) is 6.07. The summed E-state index contributed by atoms with van der Waals surface area (Å²) in [4.78, 5) is 12.5. The second-order valence-electron chi connectivity index (χ2n) is 6.00. The van der Waals surface area contributed by atoms with E-state index in [1.165, 1.54) is 25.3 Å². The number of aliphatic hydroxyl groups excluding tert-OH is 2. The standard InChI is InChI=1S/C21H22O5/c1-13(2)19(24)12-17-20(26-3)11-9-16(21(17)25)18(23)10-6-14-4-7-15(22)8-5-14/h4,6-12,14,22,24-25H,1,5H2,2-3H3. The molecule has 0 aromatic heterocycles. The molecule has 1 aromatic carbocycles. The first-order chi connectivity index (χ1) is 12.3. The Morgan fingerprint density at radius 3 is 2.65 bits per heavy atom. The van der Waals surface area contributed by atoms with Crippen LogP contribution in [0.5, 0.6) is 11.5 Å². The largest absolute Gasteiger partial charge is 0.508 e. The predicted molar refractivity (Wildman–Crippen MR) is 102 cm³/mol. The molecule has 1 atom stereocenters. The van der Waals surface area contributed by atoms with E-state index in [2.05, 4.69) is 6.58 Å². The van der Waals surface area contributed by atoms with Gasteiger partial charge in [0.1, 0.15) is 23.0 Å². The molecule has 0 heterocycles. The van der Waals surface area contributed by atoms with E-state index in [9.17, 15) is 20.1 Å². The number of carbonyl (C=O) groups is 1. The zero-order valence-electron chi connectivity index (χ0n) is 14.8. The molecule has 0 amide bonds. The van der Waals surface area contributed by atoms with E-state index < -0.39 is 0 Å². The minimum atomic E-state index is -0.373. The Hall–Kier alpha value is -3.21. The van der Waals surface area contributed by atoms with Gasteiger partial charge in [-0.25, -0.2) is 0 Å². The molecule has 5 heteroatoms. The second-order valence-corrected chi connectivity index (χ2v) is 6.00. The number of rotatable bonds is 6. The number of hydrogen-bond acceptors (Lipinski definition) is 5. The van der Waals surface area contributed by atoms with Crippen molar-refractivity contribution >= 4 is 11.9 Å². The molecule has 0 saturated carbocycles. The number of carbonyl (C=O) groups excluding carboxylic acids is 1. The summed E-state index contributed by atoms with van der Waals surface area (Å²) in [6.45, 7) is 5.25. The van der Waals surface area contributed by atoms with Gasteiger partial charge in [0, 0.05) is 0 Å². The third-order valence-corrected chi connectivity index (χ3v) is 3.99. The number of benzene rings is 1. The summed E-state index contributed by atoms with van der Waals surface area (Å²) < 4.78 is 5.19. The van der Waals surface area contributed by atoms with Gasteiger partial charge in [-0.05, 0) is 61.3 Å². The van der Waals surface area contributed by atoms with E-state index in [0.29, 0.717) is 17.7 Å². The molecule has 3 N–H and O–H groups in total. The van der Waals surface area contributed by atoms with Crippen LogP contribution in [-0.2, 0) is 0 Å². The molecule has 1 aromatic rings. The van der Waals surface area contributed by atoms with E-state index in [-0.39, 0.29) is 40.1 Å². The summed E-state index contributed by atoms with van der Waals surface area (Å²) in [5.74, 6) is -0.223. The number of ether oxygens (including phenoxy) is 1. The summed E-state index contributed by atoms with van der Waals surface area (Å²) in [5.41, 5.74) is 0.724. The summed E-state index contributed by atoms with van der Waals surface area (Å²) in [6, 6.07) is 3.03. The first-order valence-corrected chi connectivity index (χ1v) is 8.09. The number of allylic oxidation sites excluding steroid dienone is 6. The van der Waals surface area contributed by atoms with Crippen molar-refractivity contribution in [3.8, 4) is 11.5 Å². The summed E-state index contributed by atoms with van der Waals surface area (Å²) in [6.07, 6.45) is 10.1. The quantitative estimate of drug-likeness (QED) is 0.300. The van der Waals surface area contributed by atoms with Crippen molar-refractivity contribution in [1.82, 2.24) is 0 Å². The van der Waals surface area contributed by atoms with Gasteiger partial charge in [-0.1, -0.05) is 18.7 Å². The zero-order chi connectivity index (χ0) is 19.3. The molecule has 1 aliphatic rings. The lowest BCUT2D eigenvalue weighted by Gasteiger charge is -2.12. The Bertz CT molecular complexity index is 840. The highest BCUT2D eigenvalue weighted by Crippen LogP contribution is 2.34. The monoisotopic (exact) mass is 354 g/mol. The minimum absolute atomic E-state index is 0.00191. The molecule has 136 valence electrons. The molecule has 2 rings (SSSR count). The lowest BCUT2D eigenvalue weighted by molar-refractivity contribution is 0.104. The van der Waals surface area contributed by atoms with E-state index in [0.717, 1.165) is 0 Å². The van der Waals surface area contributed by atoms with Gasteiger partial charge in [-0.3, -0.25) is 4.79 Å². The third-order valence-electron chi connectivity index (χ3n) is 3.99. The average Bonchev–Trinajstić information content (AvgIpc) is 2.62. The highest BCUT2D eigenvalue weighted by atomic mass is 16.5. The average molecular weight is 354 g/mol. The Balaban J connectivity index is 2.32. The fraction of sp³-hybridized carbons (Fsp3) is 0.190. The van der Waals surface area contributed by atoms with Crippen molar-refractivity contribution in [1.29, 1.82) is 0 Å². The van der Waals surface area contributed by atoms with Crippen molar-refractivity contribution in [2.24, 2.45) is 5.92 Å². The molecule has 0 saturated heterocycles. The molecule has 0 radical (unpaired) electrons. The number of ketones is 1. The van der Waals surface area contributed by atoms with Crippen molar-refractivity contribution in [2.45, 2.75) is 13.3 Å². The number of methoxy groups -OCH3 is 1. The Morgan fingerprint density at radius 1 is 1.35 bits per heavy atom.